The second-order valence-electron chi connectivity index (χ2n) is 5.52. The van der Waals surface area contributed by atoms with Crippen LogP contribution in [0.2, 0.25) is 0 Å². The van der Waals surface area contributed by atoms with Crippen molar-refractivity contribution in [1.29, 1.82) is 0 Å². The summed E-state index contributed by atoms with van der Waals surface area (Å²) in [6, 6.07) is 7.72. The maximum atomic E-state index is 12.3. The third kappa shape index (κ3) is 3.34. The Bertz CT molecular complexity index is 741. The molecule has 0 aliphatic carbocycles. The third-order valence-electron chi connectivity index (χ3n) is 3.74. The van der Waals surface area contributed by atoms with Crippen LogP contribution in [0.25, 0.3) is 0 Å². The number of fused-ring (bicyclic) bond motifs is 1. The van der Waals surface area contributed by atoms with Crippen LogP contribution in [0, 0.1) is 0 Å². The van der Waals surface area contributed by atoms with Crippen LogP contribution in [-0.2, 0) is 4.79 Å². The van der Waals surface area contributed by atoms with Crippen molar-refractivity contribution in [2.45, 2.75) is 25.9 Å². The minimum atomic E-state index is -0.695. The molecular weight excluding hydrogens is 312 g/mol. The van der Waals surface area contributed by atoms with Crippen LogP contribution in [0.1, 0.15) is 36.0 Å². The summed E-state index contributed by atoms with van der Waals surface area (Å²) < 4.78 is 15.6. The van der Waals surface area contributed by atoms with Gasteiger partial charge in [0.2, 0.25) is 12.7 Å². The molecule has 1 aromatic carbocycles. The normalized spacial score (nSPS) is 14.8. The minimum Gasteiger partial charge on any atom is -0.459 e. The highest BCUT2D eigenvalue weighted by atomic mass is 16.7. The SMILES string of the molecule is C[C@H](NC(=O)[C@@H](C)NC(=O)c1ccco1)c1ccc2c(c1)OCO2. The van der Waals surface area contributed by atoms with Gasteiger partial charge in [0.1, 0.15) is 6.04 Å². The fraction of sp³-hybridized carbons (Fsp3) is 0.294. The first-order chi connectivity index (χ1) is 11.5. The van der Waals surface area contributed by atoms with Gasteiger partial charge in [-0.25, -0.2) is 0 Å². The number of hydrogen-bond donors (Lipinski definition) is 2. The second kappa shape index (κ2) is 6.66. The van der Waals surface area contributed by atoms with Crippen molar-refractivity contribution in [3.05, 3.63) is 47.9 Å². The van der Waals surface area contributed by atoms with E-state index in [-0.39, 0.29) is 24.5 Å². The number of rotatable bonds is 5. The molecule has 0 radical (unpaired) electrons. The summed E-state index contributed by atoms with van der Waals surface area (Å²) in [6.07, 6.45) is 1.40. The van der Waals surface area contributed by atoms with Crippen molar-refractivity contribution in [2.75, 3.05) is 6.79 Å². The van der Waals surface area contributed by atoms with Crippen molar-refractivity contribution in [3.8, 4) is 11.5 Å². The van der Waals surface area contributed by atoms with E-state index in [9.17, 15) is 9.59 Å². The number of hydrogen-bond acceptors (Lipinski definition) is 5. The van der Waals surface area contributed by atoms with Gasteiger partial charge < -0.3 is 24.5 Å². The van der Waals surface area contributed by atoms with Crippen LogP contribution in [-0.4, -0.2) is 24.6 Å². The van der Waals surface area contributed by atoms with Gasteiger partial charge in [-0.2, -0.15) is 0 Å². The highest BCUT2D eigenvalue weighted by molar-refractivity contribution is 5.95. The number of ether oxygens (including phenoxy) is 2. The number of carbonyl (C=O) groups is 2. The number of carbonyl (C=O) groups excluding carboxylic acids is 2. The topological polar surface area (TPSA) is 89.8 Å². The first kappa shape index (κ1) is 15.9. The Labute approximate surface area is 138 Å². The third-order valence-corrected chi connectivity index (χ3v) is 3.74. The molecule has 0 spiro atoms. The predicted molar refractivity (Wildman–Crippen MR) is 84.8 cm³/mol. The van der Waals surface area contributed by atoms with Crippen LogP contribution >= 0.6 is 0 Å². The Hall–Kier alpha value is -2.96. The molecule has 24 heavy (non-hydrogen) atoms. The average molecular weight is 330 g/mol. The fourth-order valence-corrected chi connectivity index (χ4v) is 2.35. The monoisotopic (exact) mass is 330 g/mol. The molecule has 0 fully saturated rings. The zero-order valence-electron chi connectivity index (χ0n) is 13.4. The average Bonchev–Trinajstić information content (AvgIpc) is 3.25. The summed E-state index contributed by atoms with van der Waals surface area (Å²) in [7, 11) is 0. The lowest BCUT2D eigenvalue weighted by molar-refractivity contribution is -0.123. The molecule has 2 amide bonds. The summed E-state index contributed by atoms with van der Waals surface area (Å²) in [5, 5.41) is 5.45. The Morgan fingerprint density at radius 1 is 1.08 bits per heavy atom. The van der Waals surface area contributed by atoms with Gasteiger partial charge in [-0.15, -0.1) is 0 Å². The van der Waals surface area contributed by atoms with E-state index in [1.165, 1.54) is 12.3 Å². The van der Waals surface area contributed by atoms with Gasteiger partial charge >= 0.3 is 0 Å². The molecule has 0 bridgehead atoms. The molecule has 1 aliphatic heterocycles. The first-order valence-electron chi connectivity index (χ1n) is 7.59. The molecule has 1 aromatic heterocycles. The van der Waals surface area contributed by atoms with E-state index in [4.69, 9.17) is 13.9 Å². The quantitative estimate of drug-likeness (QED) is 0.875. The largest absolute Gasteiger partial charge is 0.459 e. The Morgan fingerprint density at radius 3 is 2.62 bits per heavy atom. The van der Waals surface area contributed by atoms with Crippen LogP contribution in [0.4, 0.5) is 0 Å². The van der Waals surface area contributed by atoms with Gasteiger partial charge in [0, 0.05) is 0 Å². The highest BCUT2D eigenvalue weighted by Gasteiger charge is 2.21. The van der Waals surface area contributed by atoms with E-state index in [0.29, 0.717) is 11.5 Å². The van der Waals surface area contributed by atoms with Gasteiger partial charge in [0.15, 0.2) is 17.3 Å². The van der Waals surface area contributed by atoms with Crippen molar-refractivity contribution in [2.24, 2.45) is 0 Å². The maximum absolute atomic E-state index is 12.3. The number of furan rings is 1. The van der Waals surface area contributed by atoms with E-state index in [1.807, 2.05) is 25.1 Å². The number of nitrogens with one attached hydrogen (secondary N) is 2. The minimum absolute atomic E-state index is 0.165. The van der Waals surface area contributed by atoms with Crippen molar-refractivity contribution in [1.82, 2.24) is 10.6 Å². The van der Waals surface area contributed by atoms with Crippen LogP contribution in [0.15, 0.2) is 41.0 Å². The van der Waals surface area contributed by atoms with E-state index in [1.54, 1.807) is 13.0 Å². The number of amides is 2. The summed E-state index contributed by atoms with van der Waals surface area (Å²) in [6.45, 7) is 3.68. The van der Waals surface area contributed by atoms with Crippen LogP contribution < -0.4 is 20.1 Å². The standard InChI is InChI=1S/C17H18N2O5/c1-10(12-5-6-13-15(8-12)24-9-23-13)18-16(20)11(2)19-17(21)14-4-3-7-22-14/h3-8,10-11H,9H2,1-2H3,(H,18,20)(H,19,21)/t10-,11+/m0/s1. The van der Waals surface area contributed by atoms with Crippen molar-refractivity contribution >= 4 is 11.8 Å². The van der Waals surface area contributed by atoms with E-state index < -0.39 is 11.9 Å². The summed E-state index contributed by atoms with van der Waals surface area (Å²) >= 11 is 0. The molecule has 2 atom stereocenters. The molecule has 126 valence electrons. The molecule has 0 saturated heterocycles. The van der Waals surface area contributed by atoms with Gasteiger partial charge in [-0.05, 0) is 43.7 Å². The molecule has 2 N–H and O–H groups in total. The van der Waals surface area contributed by atoms with Gasteiger partial charge in [0.25, 0.3) is 5.91 Å². The molecule has 0 unspecified atom stereocenters. The molecular formula is C17H18N2O5. The molecule has 0 saturated carbocycles. The Morgan fingerprint density at radius 2 is 1.88 bits per heavy atom. The van der Waals surface area contributed by atoms with Crippen LogP contribution in [0.5, 0.6) is 11.5 Å². The van der Waals surface area contributed by atoms with Gasteiger partial charge in [0.05, 0.1) is 12.3 Å². The molecule has 7 nitrogen and oxygen atoms in total. The van der Waals surface area contributed by atoms with Gasteiger partial charge in [-0.3, -0.25) is 9.59 Å². The van der Waals surface area contributed by atoms with E-state index in [0.717, 1.165) is 5.56 Å². The van der Waals surface area contributed by atoms with Crippen LogP contribution in [0.3, 0.4) is 0 Å². The maximum Gasteiger partial charge on any atom is 0.287 e. The first-order valence-corrected chi connectivity index (χ1v) is 7.59. The molecule has 2 aromatic rings. The van der Waals surface area contributed by atoms with Gasteiger partial charge in [-0.1, -0.05) is 6.07 Å². The lowest BCUT2D eigenvalue weighted by atomic mass is 10.1. The molecule has 7 heteroatoms. The zero-order chi connectivity index (χ0) is 17.1. The Kier molecular flexibility index (Phi) is 4.41. The molecule has 3 rings (SSSR count). The highest BCUT2D eigenvalue weighted by Crippen LogP contribution is 2.34. The summed E-state index contributed by atoms with van der Waals surface area (Å²) in [5.41, 5.74) is 0.886. The smallest absolute Gasteiger partial charge is 0.287 e. The number of benzene rings is 1. The lowest BCUT2D eigenvalue weighted by Gasteiger charge is -2.18. The summed E-state index contributed by atoms with van der Waals surface area (Å²) in [5.74, 6) is 0.793. The second-order valence-corrected chi connectivity index (χ2v) is 5.52. The molecule has 2 heterocycles. The van der Waals surface area contributed by atoms with Crippen molar-refractivity contribution in [3.63, 3.8) is 0 Å². The Balaban J connectivity index is 1.58. The fourth-order valence-electron chi connectivity index (χ4n) is 2.35. The predicted octanol–water partition coefficient (Wildman–Crippen LogP) is 2.00. The zero-order valence-corrected chi connectivity index (χ0v) is 13.4. The van der Waals surface area contributed by atoms with E-state index in [2.05, 4.69) is 10.6 Å². The summed E-state index contributed by atoms with van der Waals surface area (Å²) in [4.78, 5) is 24.1. The van der Waals surface area contributed by atoms with Crippen molar-refractivity contribution < 1.29 is 23.5 Å². The molecule has 1 aliphatic rings. The van der Waals surface area contributed by atoms with E-state index >= 15 is 0 Å². The lowest BCUT2D eigenvalue weighted by Crippen LogP contribution is -2.45.